The number of carbonyl (C=O) groups excluding carboxylic acids is 1. The summed E-state index contributed by atoms with van der Waals surface area (Å²) >= 11 is 3.34. The average Bonchev–Trinajstić information content (AvgIpc) is 2.40. The number of rotatable bonds is 2. The molecule has 4 heteroatoms. The van der Waals surface area contributed by atoms with Crippen LogP contribution in [-0.2, 0) is 0 Å². The van der Waals surface area contributed by atoms with Gasteiger partial charge in [0.25, 0.3) is 5.91 Å². The van der Waals surface area contributed by atoms with Gasteiger partial charge < -0.3 is 4.90 Å². The molecule has 0 radical (unpaired) electrons. The Morgan fingerprint density at radius 2 is 1.89 bits per heavy atom. The molecule has 0 fully saturated rings. The van der Waals surface area contributed by atoms with Gasteiger partial charge in [0.05, 0.1) is 5.69 Å². The maximum atomic E-state index is 13.7. The van der Waals surface area contributed by atoms with Crippen LogP contribution in [-0.4, -0.2) is 13.0 Å². The monoisotopic (exact) mass is 321 g/mol. The van der Waals surface area contributed by atoms with E-state index in [-0.39, 0.29) is 11.6 Å². The average molecular weight is 322 g/mol. The van der Waals surface area contributed by atoms with E-state index in [0.29, 0.717) is 5.56 Å². The van der Waals surface area contributed by atoms with Gasteiger partial charge in [-0.05, 0) is 36.8 Å². The van der Waals surface area contributed by atoms with Crippen molar-refractivity contribution in [2.24, 2.45) is 0 Å². The first-order valence-corrected chi connectivity index (χ1v) is 6.58. The molecule has 0 aliphatic heterocycles. The number of hydrogen-bond acceptors (Lipinski definition) is 1. The van der Waals surface area contributed by atoms with Crippen molar-refractivity contribution in [1.82, 2.24) is 0 Å². The second kappa shape index (κ2) is 5.53. The second-order valence-corrected chi connectivity index (χ2v) is 5.19. The van der Waals surface area contributed by atoms with Crippen LogP contribution in [0.1, 0.15) is 15.9 Å². The zero-order chi connectivity index (χ0) is 14.0. The van der Waals surface area contributed by atoms with E-state index >= 15 is 0 Å². The van der Waals surface area contributed by atoms with Crippen LogP contribution in [0.15, 0.2) is 46.9 Å². The SMILES string of the molecule is Cc1ccc(Br)cc1C(=O)N(C)c1ccccc1F. The Kier molecular flexibility index (Phi) is 4.00. The van der Waals surface area contributed by atoms with E-state index in [1.54, 1.807) is 31.3 Å². The van der Waals surface area contributed by atoms with E-state index in [4.69, 9.17) is 0 Å². The summed E-state index contributed by atoms with van der Waals surface area (Å²) < 4.78 is 14.5. The van der Waals surface area contributed by atoms with Crippen molar-refractivity contribution in [2.75, 3.05) is 11.9 Å². The highest BCUT2D eigenvalue weighted by atomic mass is 79.9. The van der Waals surface area contributed by atoms with Gasteiger partial charge in [0.2, 0.25) is 0 Å². The molecule has 2 rings (SSSR count). The lowest BCUT2D eigenvalue weighted by Gasteiger charge is -2.19. The number of anilines is 1. The molecule has 0 saturated carbocycles. The molecular formula is C15H13BrFNO. The quantitative estimate of drug-likeness (QED) is 0.812. The minimum absolute atomic E-state index is 0.232. The van der Waals surface area contributed by atoms with E-state index in [1.807, 2.05) is 19.1 Å². The molecule has 0 saturated heterocycles. The Morgan fingerprint density at radius 3 is 2.58 bits per heavy atom. The molecule has 0 atom stereocenters. The van der Waals surface area contributed by atoms with E-state index in [0.717, 1.165) is 10.0 Å². The standard InChI is InChI=1S/C15H13BrFNO/c1-10-7-8-11(16)9-12(10)15(19)18(2)14-6-4-3-5-13(14)17/h3-9H,1-2H3. The van der Waals surface area contributed by atoms with Crippen LogP contribution in [0.2, 0.25) is 0 Å². The van der Waals surface area contributed by atoms with Crippen molar-refractivity contribution in [3.8, 4) is 0 Å². The first-order chi connectivity index (χ1) is 9.00. The summed E-state index contributed by atoms with van der Waals surface area (Å²) in [6.45, 7) is 1.86. The fourth-order valence-corrected chi connectivity index (χ4v) is 2.20. The molecule has 98 valence electrons. The van der Waals surface area contributed by atoms with Crippen LogP contribution >= 0.6 is 15.9 Å². The zero-order valence-corrected chi connectivity index (χ0v) is 12.2. The van der Waals surface area contributed by atoms with Gasteiger partial charge in [-0.25, -0.2) is 4.39 Å². The van der Waals surface area contributed by atoms with Crippen molar-refractivity contribution >= 4 is 27.5 Å². The number of nitrogens with zero attached hydrogens (tertiary/aromatic N) is 1. The van der Waals surface area contributed by atoms with Gasteiger partial charge in [-0.15, -0.1) is 0 Å². The van der Waals surface area contributed by atoms with Crippen LogP contribution in [0.5, 0.6) is 0 Å². The summed E-state index contributed by atoms with van der Waals surface area (Å²) in [5.41, 5.74) is 1.68. The lowest BCUT2D eigenvalue weighted by Crippen LogP contribution is -2.27. The normalized spacial score (nSPS) is 10.3. The minimum Gasteiger partial charge on any atom is -0.309 e. The highest BCUT2D eigenvalue weighted by Crippen LogP contribution is 2.22. The van der Waals surface area contributed by atoms with Gasteiger partial charge in [0.15, 0.2) is 0 Å². The lowest BCUT2D eigenvalue weighted by molar-refractivity contribution is 0.0991. The summed E-state index contributed by atoms with van der Waals surface area (Å²) in [6.07, 6.45) is 0. The van der Waals surface area contributed by atoms with E-state index < -0.39 is 5.82 Å². The third-order valence-corrected chi connectivity index (χ3v) is 3.44. The number of carbonyl (C=O) groups is 1. The Hall–Kier alpha value is -1.68. The number of amides is 1. The third kappa shape index (κ3) is 2.84. The number of hydrogen-bond donors (Lipinski definition) is 0. The molecule has 2 aromatic carbocycles. The fourth-order valence-electron chi connectivity index (χ4n) is 1.84. The molecule has 0 aliphatic rings. The Balaban J connectivity index is 2.39. The number of benzene rings is 2. The molecule has 0 N–H and O–H groups in total. The van der Waals surface area contributed by atoms with Gasteiger partial charge in [-0.3, -0.25) is 4.79 Å². The van der Waals surface area contributed by atoms with Crippen molar-refractivity contribution in [1.29, 1.82) is 0 Å². The summed E-state index contributed by atoms with van der Waals surface area (Å²) in [5.74, 6) is -0.644. The van der Waals surface area contributed by atoms with Crippen LogP contribution in [0, 0.1) is 12.7 Å². The summed E-state index contributed by atoms with van der Waals surface area (Å²) in [7, 11) is 1.57. The fraction of sp³-hybridized carbons (Fsp3) is 0.133. The molecule has 0 unspecified atom stereocenters. The Labute approximate surface area is 120 Å². The van der Waals surface area contributed by atoms with Crippen LogP contribution in [0.3, 0.4) is 0 Å². The number of aryl methyl sites for hydroxylation is 1. The van der Waals surface area contributed by atoms with E-state index in [9.17, 15) is 9.18 Å². The maximum absolute atomic E-state index is 13.7. The van der Waals surface area contributed by atoms with Gasteiger partial charge in [0.1, 0.15) is 5.82 Å². The highest BCUT2D eigenvalue weighted by Gasteiger charge is 2.18. The highest BCUT2D eigenvalue weighted by molar-refractivity contribution is 9.10. The van der Waals surface area contributed by atoms with Crippen molar-refractivity contribution < 1.29 is 9.18 Å². The van der Waals surface area contributed by atoms with Crippen molar-refractivity contribution in [3.63, 3.8) is 0 Å². The van der Waals surface area contributed by atoms with Crippen molar-refractivity contribution in [2.45, 2.75) is 6.92 Å². The smallest absolute Gasteiger partial charge is 0.258 e. The molecule has 2 aromatic rings. The number of para-hydroxylation sites is 1. The molecule has 0 spiro atoms. The lowest BCUT2D eigenvalue weighted by atomic mass is 10.1. The maximum Gasteiger partial charge on any atom is 0.258 e. The first kappa shape index (κ1) is 13.7. The van der Waals surface area contributed by atoms with Crippen LogP contribution < -0.4 is 4.90 Å². The van der Waals surface area contributed by atoms with Crippen LogP contribution in [0.4, 0.5) is 10.1 Å². The summed E-state index contributed by atoms with van der Waals surface area (Å²) in [5, 5.41) is 0. The zero-order valence-electron chi connectivity index (χ0n) is 10.7. The molecule has 2 nitrogen and oxygen atoms in total. The summed E-state index contributed by atoms with van der Waals surface area (Å²) in [4.78, 5) is 13.7. The van der Waals surface area contributed by atoms with Crippen molar-refractivity contribution in [3.05, 3.63) is 63.9 Å². The second-order valence-electron chi connectivity index (χ2n) is 4.27. The molecular weight excluding hydrogens is 309 g/mol. The van der Waals surface area contributed by atoms with E-state index in [2.05, 4.69) is 15.9 Å². The largest absolute Gasteiger partial charge is 0.309 e. The van der Waals surface area contributed by atoms with Gasteiger partial charge in [-0.2, -0.15) is 0 Å². The molecule has 0 aromatic heterocycles. The van der Waals surface area contributed by atoms with Gasteiger partial charge in [0, 0.05) is 17.1 Å². The van der Waals surface area contributed by atoms with Gasteiger partial charge in [-0.1, -0.05) is 34.1 Å². The molecule has 0 aliphatic carbocycles. The molecule has 19 heavy (non-hydrogen) atoms. The third-order valence-electron chi connectivity index (χ3n) is 2.95. The molecule has 0 bridgehead atoms. The van der Waals surface area contributed by atoms with Crippen LogP contribution in [0.25, 0.3) is 0 Å². The number of halogens is 2. The summed E-state index contributed by atoms with van der Waals surface area (Å²) in [6, 6.07) is 11.7. The minimum atomic E-state index is -0.411. The predicted octanol–water partition coefficient (Wildman–Crippen LogP) is 4.17. The Bertz CT molecular complexity index is 627. The van der Waals surface area contributed by atoms with E-state index in [1.165, 1.54) is 11.0 Å². The first-order valence-electron chi connectivity index (χ1n) is 5.79. The van der Waals surface area contributed by atoms with Gasteiger partial charge >= 0.3 is 0 Å². The predicted molar refractivity (Wildman–Crippen MR) is 78.0 cm³/mol. The molecule has 1 amide bonds. The molecule has 0 heterocycles. The topological polar surface area (TPSA) is 20.3 Å². The Morgan fingerprint density at radius 1 is 1.21 bits per heavy atom.